The van der Waals surface area contributed by atoms with Crippen LogP contribution in [0.15, 0.2) is 0 Å². The normalized spacial score (nSPS) is 32.9. The molecular formula is C9H15N3O3. The molecule has 6 heteroatoms. The molecule has 2 fully saturated rings. The minimum Gasteiger partial charge on any atom is -0.368 e. The number of hydrogen-bond donors (Lipinski definition) is 3. The van der Waals surface area contributed by atoms with E-state index in [0.29, 0.717) is 6.04 Å². The predicted molar refractivity (Wildman–Crippen MR) is 51.3 cm³/mol. The fraction of sp³-hybridized carbons (Fsp3) is 0.778. The second-order valence-corrected chi connectivity index (χ2v) is 4.11. The van der Waals surface area contributed by atoms with E-state index < -0.39 is 5.91 Å². The SMILES string of the molecule is NC(=O)CONC(=O)C1CC2CCC1N2. The van der Waals surface area contributed by atoms with Crippen molar-refractivity contribution in [3.8, 4) is 0 Å². The van der Waals surface area contributed by atoms with Gasteiger partial charge in [-0.25, -0.2) is 5.48 Å². The van der Waals surface area contributed by atoms with Crippen LogP contribution in [0, 0.1) is 5.92 Å². The van der Waals surface area contributed by atoms with E-state index >= 15 is 0 Å². The van der Waals surface area contributed by atoms with Crippen LogP contribution < -0.4 is 16.5 Å². The predicted octanol–water partition coefficient (Wildman–Crippen LogP) is -1.34. The summed E-state index contributed by atoms with van der Waals surface area (Å²) in [5, 5.41) is 3.35. The molecule has 84 valence electrons. The zero-order valence-corrected chi connectivity index (χ0v) is 8.36. The van der Waals surface area contributed by atoms with Crippen molar-refractivity contribution in [3.63, 3.8) is 0 Å². The number of nitrogens with two attached hydrogens (primary N) is 1. The van der Waals surface area contributed by atoms with Gasteiger partial charge in [-0.15, -0.1) is 0 Å². The smallest absolute Gasteiger partial charge is 0.248 e. The summed E-state index contributed by atoms with van der Waals surface area (Å²) < 4.78 is 0. The molecule has 6 nitrogen and oxygen atoms in total. The Balaban J connectivity index is 1.74. The van der Waals surface area contributed by atoms with Crippen molar-refractivity contribution in [1.82, 2.24) is 10.8 Å². The van der Waals surface area contributed by atoms with E-state index in [2.05, 4.69) is 15.6 Å². The number of primary amides is 1. The molecule has 2 saturated heterocycles. The minimum absolute atomic E-state index is 0.0309. The Hall–Kier alpha value is -1.14. The third-order valence-electron chi connectivity index (χ3n) is 3.02. The lowest BCUT2D eigenvalue weighted by Crippen LogP contribution is -2.38. The first-order valence-electron chi connectivity index (χ1n) is 5.13. The maximum atomic E-state index is 11.6. The van der Waals surface area contributed by atoms with E-state index in [0.717, 1.165) is 19.3 Å². The summed E-state index contributed by atoms with van der Waals surface area (Å²) in [6.07, 6.45) is 3.05. The first kappa shape index (κ1) is 10.4. The first-order chi connectivity index (χ1) is 7.16. The quantitative estimate of drug-likeness (QED) is 0.504. The molecule has 0 radical (unpaired) electrons. The van der Waals surface area contributed by atoms with Crippen molar-refractivity contribution in [2.24, 2.45) is 11.7 Å². The van der Waals surface area contributed by atoms with Gasteiger partial charge in [0.25, 0.3) is 0 Å². The van der Waals surface area contributed by atoms with E-state index in [4.69, 9.17) is 5.73 Å². The van der Waals surface area contributed by atoms with E-state index in [1.165, 1.54) is 0 Å². The van der Waals surface area contributed by atoms with Gasteiger partial charge in [-0.1, -0.05) is 0 Å². The molecule has 0 saturated carbocycles. The molecule has 3 atom stereocenters. The van der Waals surface area contributed by atoms with Crippen LogP contribution in [0.4, 0.5) is 0 Å². The van der Waals surface area contributed by atoms with E-state index in [1.807, 2.05) is 0 Å². The molecule has 0 spiro atoms. The zero-order chi connectivity index (χ0) is 10.8. The molecule has 0 aliphatic carbocycles. The third-order valence-corrected chi connectivity index (χ3v) is 3.02. The number of carbonyl (C=O) groups is 2. The van der Waals surface area contributed by atoms with Crippen LogP contribution in [0.25, 0.3) is 0 Å². The Morgan fingerprint density at radius 2 is 2.27 bits per heavy atom. The van der Waals surface area contributed by atoms with Crippen molar-refractivity contribution in [3.05, 3.63) is 0 Å². The van der Waals surface area contributed by atoms with E-state index in [-0.39, 0.29) is 24.5 Å². The van der Waals surface area contributed by atoms with Crippen molar-refractivity contribution < 1.29 is 14.4 Å². The number of fused-ring (bicyclic) bond motifs is 2. The lowest BCUT2D eigenvalue weighted by atomic mass is 9.89. The van der Waals surface area contributed by atoms with Gasteiger partial charge >= 0.3 is 0 Å². The molecular weight excluding hydrogens is 198 g/mol. The van der Waals surface area contributed by atoms with Gasteiger partial charge in [-0.2, -0.15) is 0 Å². The summed E-state index contributed by atoms with van der Waals surface area (Å²) in [5.74, 6) is -0.783. The van der Waals surface area contributed by atoms with Crippen LogP contribution in [0.5, 0.6) is 0 Å². The first-order valence-corrected chi connectivity index (χ1v) is 5.13. The molecule has 4 N–H and O–H groups in total. The maximum absolute atomic E-state index is 11.6. The van der Waals surface area contributed by atoms with Crippen LogP contribution in [0.2, 0.25) is 0 Å². The Labute approximate surface area is 87.5 Å². The van der Waals surface area contributed by atoms with Crippen LogP contribution in [0.1, 0.15) is 19.3 Å². The Morgan fingerprint density at radius 1 is 1.47 bits per heavy atom. The number of amides is 2. The van der Waals surface area contributed by atoms with E-state index in [1.54, 1.807) is 0 Å². The van der Waals surface area contributed by atoms with Crippen LogP contribution >= 0.6 is 0 Å². The standard InChI is InChI=1S/C9H15N3O3/c10-8(13)4-15-12-9(14)6-3-5-1-2-7(6)11-5/h5-7,11H,1-4H2,(H2,10,13)(H,12,14). The highest BCUT2D eigenvalue weighted by Crippen LogP contribution is 2.33. The van der Waals surface area contributed by atoms with Crippen molar-refractivity contribution in [2.75, 3.05) is 6.61 Å². The Bertz CT molecular complexity index is 282. The van der Waals surface area contributed by atoms with Crippen molar-refractivity contribution >= 4 is 11.8 Å². The monoisotopic (exact) mass is 213 g/mol. The number of hydrogen-bond acceptors (Lipinski definition) is 4. The molecule has 2 rings (SSSR count). The summed E-state index contributed by atoms with van der Waals surface area (Å²) in [5.41, 5.74) is 7.13. The number of rotatable bonds is 4. The topological polar surface area (TPSA) is 93.5 Å². The molecule has 2 aliphatic rings. The summed E-state index contributed by atoms with van der Waals surface area (Å²) in [4.78, 5) is 26.6. The molecule has 2 heterocycles. The number of hydroxylamine groups is 1. The minimum atomic E-state index is -0.596. The lowest BCUT2D eigenvalue weighted by molar-refractivity contribution is -0.141. The Morgan fingerprint density at radius 3 is 2.80 bits per heavy atom. The molecule has 3 unspecified atom stereocenters. The molecule has 15 heavy (non-hydrogen) atoms. The van der Waals surface area contributed by atoms with Gasteiger partial charge in [0.2, 0.25) is 11.8 Å². The van der Waals surface area contributed by atoms with Gasteiger partial charge in [0.1, 0.15) is 0 Å². The molecule has 0 aromatic carbocycles. The highest BCUT2D eigenvalue weighted by Gasteiger charge is 2.42. The van der Waals surface area contributed by atoms with Crippen molar-refractivity contribution in [1.29, 1.82) is 0 Å². The molecule has 0 aromatic heterocycles. The molecule has 0 aromatic rings. The largest absolute Gasteiger partial charge is 0.368 e. The van der Waals surface area contributed by atoms with Gasteiger partial charge < -0.3 is 11.1 Å². The highest BCUT2D eigenvalue weighted by molar-refractivity contribution is 5.79. The molecule has 2 aliphatic heterocycles. The van der Waals surface area contributed by atoms with Gasteiger partial charge in [-0.05, 0) is 19.3 Å². The average molecular weight is 213 g/mol. The van der Waals surface area contributed by atoms with E-state index in [9.17, 15) is 9.59 Å². The van der Waals surface area contributed by atoms with Crippen LogP contribution in [-0.2, 0) is 14.4 Å². The number of nitrogens with one attached hydrogen (secondary N) is 2. The molecule has 2 bridgehead atoms. The van der Waals surface area contributed by atoms with Crippen LogP contribution in [0.3, 0.4) is 0 Å². The summed E-state index contributed by atoms with van der Waals surface area (Å²) in [6.45, 7) is -0.278. The average Bonchev–Trinajstić information content (AvgIpc) is 2.77. The van der Waals surface area contributed by atoms with Gasteiger partial charge in [0.15, 0.2) is 6.61 Å². The van der Waals surface area contributed by atoms with Gasteiger partial charge in [0.05, 0.1) is 5.92 Å². The number of carbonyl (C=O) groups excluding carboxylic acids is 2. The van der Waals surface area contributed by atoms with Crippen LogP contribution in [-0.4, -0.2) is 30.5 Å². The Kier molecular flexibility index (Phi) is 2.88. The van der Waals surface area contributed by atoms with Crippen molar-refractivity contribution in [2.45, 2.75) is 31.3 Å². The summed E-state index contributed by atoms with van der Waals surface area (Å²) >= 11 is 0. The van der Waals surface area contributed by atoms with Gasteiger partial charge in [-0.3, -0.25) is 14.4 Å². The maximum Gasteiger partial charge on any atom is 0.248 e. The van der Waals surface area contributed by atoms with Gasteiger partial charge in [0, 0.05) is 12.1 Å². The second-order valence-electron chi connectivity index (χ2n) is 4.11. The third kappa shape index (κ3) is 2.27. The fourth-order valence-corrected chi connectivity index (χ4v) is 2.37. The second kappa shape index (κ2) is 4.16. The summed E-state index contributed by atoms with van der Waals surface area (Å²) in [6, 6.07) is 0.745. The molecule has 2 amide bonds. The lowest BCUT2D eigenvalue weighted by Gasteiger charge is -2.18. The summed E-state index contributed by atoms with van der Waals surface area (Å²) in [7, 11) is 0. The zero-order valence-electron chi connectivity index (χ0n) is 8.36. The fourth-order valence-electron chi connectivity index (χ4n) is 2.37. The highest BCUT2D eigenvalue weighted by atomic mass is 16.7.